The Balaban J connectivity index is 1.08. The molecule has 0 saturated carbocycles. The third kappa shape index (κ3) is 7.12. The lowest BCUT2D eigenvalue weighted by Gasteiger charge is -2.30. The molecule has 1 aromatic heterocycles. The van der Waals surface area contributed by atoms with Crippen LogP contribution in [0.25, 0.3) is 93.9 Å². The molecule has 0 N–H and O–H groups in total. The summed E-state index contributed by atoms with van der Waals surface area (Å²) >= 11 is 0. The van der Waals surface area contributed by atoms with Gasteiger partial charge in [0, 0.05) is 33.4 Å². The van der Waals surface area contributed by atoms with Crippen LogP contribution in [0.1, 0.15) is 0 Å². The zero-order chi connectivity index (χ0) is 43.8. The minimum Gasteiger partial charge on any atom is -0.310 e. The SMILES string of the molecule is c1ccc(-c2ccc(-c3ccc(-n4c5ccccc5c5ccc(N(c6cc(-c7ccccc7)cc(-c7ccccc7)c6)c6ccc7ccccc7c6-c6ccccc6)cc54)cc3)cc2)cc1. The minimum atomic E-state index is 1.07. The van der Waals surface area contributed by atoms with Crippen molar-refractivity contribution in [3.63, 3.8) is 0 Å². The summed E-state index contributed by atoms with van der Waals surface area (Å²) in [5, 5.41) is 4.84. The summed E-state index contributed by atoms with van der Waals surface area (Å²) in [6.07, 6.45) is 0. The van der Waals surface area contributed by atoms with Crippen molar-refractivity contribution in [2.24, 2.45) is 0 Å². The number of anilines is 3. The van der Waals surface area contributed by atoms with Gasteiger partial charge in [-0.2, -0.15) is 0 Å². The fourth-order valence-corrected chi connectivity index (χ4v) is 9.78. The average molecular weight is 841 g/mol. The Labute approximate surface area is 385 Å². The summed E-state index contributed by atoms with van der Waals surface area (Å²) in [5.41, 5.74) is 18.5. The van der Waals surface area contributed by atoms with Crippen molar-refractivity contribution in [3.05, 3.63) is 267 Å². The Hall–Kier alpha value is -8.72. The van der Waals surface area contributed by atoms with E-state index >= 15 is 0 Å². The predicted octanol–water partition coefficient (Wildman–Crippen LogP) is 17.7. The van der Waals surface area contributed by atoms with Crippen LogP contribution >= 0.6 is 0 Å². The van der Waals surface area contributed by atoms with Crippen molar-refractivity contribution < 1.29 is 0 Å². The van der Waals surface area contributed by atoms with Gasteiger partial charge in [0.25, 0.3) is 0 Å². The fraction of sp³-hybridized carbons (Fsp3) is 0. The van der Waals surface area contributed by atoms with E-state index in [0.717, 1.165) is 39.4 Å². The first-order chi connectivity index (χ1) is 32.7. The second-order valence-electron chi connectivity index (χ2n) is 16.9. The molecule has 0 spiro atoms. The Bertz CT molecular complexity index is 3590. The first kappa shape index (κ1) is 38.9. The molecule has 0 aliphatic rings. The molecule has 0 saturated heterocycles. The highest BCUT2D eigenvalue weighted by Crippen LogP contribution is 2.47. The van der Waals surface area contributed by atoms with Crippen LogP contribution in [0.3, 0.4) is 0 Å². The lowest BCUT2D eigenvalue weighted by molar-refractivity contribution is 1.18. The van der Waals surface area contributed by atoms with Crippen LogP contribution in [0.5, 0.6) is 0 Å². The second-order valence-corrected chi connectivity index (χ2v) is 16.9. The number of rotatable bonds is 9. The molecular weight excluding hydrogens is 797 g/mol. The van der Waals surface area contributed by atoms with Crippen LogP contribution in [0.2, 0.25) is 0 Å². The third-order valence-corrected chi connectivity index (χ3v) is 13.0. The smallest absolute Gasteiger partial charge is 0.0561 e. The van der Waals surface area contributed by atoms with Gasteiger partial charge in [-0.3, -0.25) is 0 Å². The van der Waals surface area contributed by atoms with Gasteiger partial charge < -0.3 is 9.47 Å². The molecule has 1 heterocycles. The zero-order valence-electron chi connectivity index (χ0n) is 36.3. The molecule has 2 heteroatoms. The Morgan fingerprint density at radius 2 is 0.712 bits per heavy atom. The highest BCUT2D eigenvalue weighted by atomic mass is 15.1. The topological polar surface area (TPSA) is 8.17 Å². The van der Waals surface area contributed by atoms with E-state index in [4.69, 9.17) is 0 Å². The summed E-state index contributed by atoms with van der Waals surface area (Å²) < 4.78 is 2.43. The molecule has 0 amide bonds. The molecule has 12 aromatic rings. The molecule has 0 radical (unpaired) electrons. The molecular formula is C64H44N2. The normalized spacial score (nSPS) is 11.3. The number of nitrogens with zero attached hydrogens (tertiary/aromatic N) is 2. The summed E-state index contributed by atoms with van der Waals surface area (Å²) in [5.74, 6) is 0. The highest BCUT2D eigenvalue weighted by molar-refractivity contribution is 6.11. The summed E-state index contributed by atoms with van der Waals surface area (Å²) in [6.45, 7) is 0. The second kappa shape index (κ2) is 16.8. The standard InChI is InChI=1S/C64H44N2/c1-5-17-45(18-6-1)48-29-31-49(32-30-48)50-33-36-55(37-34-50)66-61-28-16-15-27-59(61)60-39-38-56(44-63(60)66)65(62-40-35-51-23-13-14-26-58(51)64(62)52-24-11-4-12-25-52)57-42-53(46-19-7-2-8-20-46)41-54(43-57)47-21-9-3-10-22-47/h1-44H. The minimum absolute atomic E-state index is 1.07. The number of hydrogen-bond donors (Lipinski definition) is 0. The van der Waals surface area contributed by atoms with Crippen molar-refractivity contribution in [3.8, 4) is 61.3 Å². The maximum absolute atomic E-state index is 2.48. The van der Waals surface area contributed by atoms with E-state index in [9.17, 15) is 0 Å². The molecule has 0 unspecified atom stereocenters. The summed E-state index contributed by atoms with van der Waals surface area (Å²) in [7, 11) is 0. The van der Waals surface area contributed by atoms with Crippen LogP contribution in [0.15, 0.2) is 267 Å². The van der Waals surface area contributed by atoms with Crippen molar-refractivity contribution in [2.45, 2.75) is 0 Å². The Morgan fingerprint density at radius 1 is 0.258 bits per heavy atom. The van der Waals surface area contributed by atoms with Crippen LogP contribution in [0.4, 0.5) is 17.1 Å². The van der Waals surface area contributed by atoms with Crippen molar-refractivity contribution >= 4 is 49.6 Å². The van der Waals surface area contributed by atoms with Crippen LogP contribution < -0.4 is 4.90 Å². The van der Waals surface area contributed by atoms with Gasteiger partial charge in [-0.05, 0) is 115 Å². The van der Waals surface area contributed by atoms with Crippen molar-refractivity contribution in [2.75, 3.05) is 4.90 Å². The third-order valence-electron chi connectivity index (χ3n) is 13.0. The molecule has 0 atom stereocenters. The average Bonchev–Trinajstić information content (AvgIpc) is 3.73. The van der Waals surface area contributed by atoms with E-state index in [1.807, 2.05) is 0 Å². The summed E-state index contributed by atoms with van der Waals surface area (Å²) in [6, 6.07) is 97.1. The molecule has 0 aliphatic carbocycles. The van der Waals surface area contributed by atoms with E-state index < -0.39 is 0 Å². The van der Waals surface area contributed by atoms with E-state index in [0.29, 0.717) is 0 Å². The lowest BCUT2D eigenvalue weighted by atomic mass is 9.94. The first-order valence-corrected chi connectivity index (χ1v) is 22.7. The Morgan fingerprint density at radius 3 is 1.30 bits per heavy atom. The molecule has 2 nitrogen and oxygen atoms in total. The van der Waals surface area contributed by atoms with Gasteiger partial charge in [-0.1, -0.05) is 212 Å². The van der Waals surface area contributed by atoms with E-state index in [1.165, 1.54) is 71.6 Å². The summed E-state index contributed by atoms with van der Waals surface area (Å²) in [4.78, 5) is 2.48. The van der Waals surface area contributed by atoms with Crippen LogP contribution in [-0.2, 0) is 0 Å². The number of para-hydroxylation sites is 1. The van der Waals surface area contributed by atoms with Crippen LogP contribution in [-0.4, -0.2) is 4.57 Å². The van der Waals surface area contributed by atoms with Gasteiger partial charge in [0.2, 0.25) is 0 Å². The molecule has 0 bridgehead atoms. The number of fused-ring (bicyclic) bond motifs is 4. The predicted molar refractivity (Wildman–Crippen MR) is 280 cm³/mol. The lowest BCUT2D eigenvalue weighted by Crippen LogP contribution is -2.12. The molecule has 0 aliphatic heterocycles. The molecule has 0 fully saturated rings. The Kier molecular flexibility index (Phi) is 9.89. The highest BCUT2D eigenvalue weighted by Gasteiger charge is 2.23. The monoisotopic (exact) mass is 840 g/mol. The van der Waals surface area contributed by atoms with E-state index in [2.05, 4.69) is 276 Å². The molecule has 66 heavy (non-hydrogen) atoms. The quantitative estimate of drug-likeness (QED) is 0.141. The number of hydrogen-bond acceptors (Lipinski definition) is 1. The maximum Gasteiger partial charge on any atom is 0.0561 e. The molecule has 11 aromatic carbocycles. The first-order valence-electron chi connectivity index (χ1n) is 22.7. The van der Waals surface area contributed by atoms with Gasteiger partial charge >= 0.3 is 0 Å². The van der Waals surface area contributed by atoms with Gasteiger partial charge in [0.15, 0.2) is 0 Å². The van der Waals surface area contributed by atoms with Gasteiger partial charge in [0.1, 0.15) is 0 Å². The molecule has 310 valence electrons. The van der Waals surface area contributed by atoms with E-state index in [1.54, 1.807) is 0 Å². The fourth-order valence-electron chi connectivity index (χ4n) is 9.78. The zero-order valence-corrected chi connectivity index (χ0v) is 36.3. The van der Waals surface area contributed by atoms with Gasteiger partial charge in [-0.15, -0.1) is 0 Å². The van der Waals surface area contributed by atoms with Gasteiger partial charge in [-0.25, -0.2) is 0 Å². The maximum atomic E-state index is 2.48. The van der Waals surface area contributed by atoms with Crippen molar-refractivity contribution in [1.29, 1.82) is 0 Å². The largest absolute Gasteiger partial charge is 0.310 e. The van der Waals surface area contributed by atoms with Gasteiger partial charge in [0.05, 0.1) is 16.7 Å². The van der Waals surface area contributed by atoms with E-state index in [-0.39, 0.29) is 0 Å². The number of aromatic nitrogens is 1. The number of benzene rings is 11. The molecule has 12 rings (SSSR count). The van der Waals surface area contributed by atoms with Crippen molar-refractivity contribution in [1.82, 2.24) is 4.57 Å². The van der Waals surface area contributed by atoms with Crippen LogP contribution in [0, 0.1) is 0 Å².